The lowest BCUT2D eigenvalue weighted by atomic mass is 10.1. The van der Waals surface area contributed by atoms with Crippen molar-refractivity contribution in [3.8, 4) is 0 Å². The van der Waals surface area contributed by atoms with Gasteiger partial charge < -0.3 is 14.4 Å². The number of fused-ring (bicyclic) bond motifs is 1. The number of carbonyl (C=O) groups is 1. The van der Waals surface area contributed by atoms with E-state index in [0.717, 1.165) is 11.1 Å². The maximum Gasteiger partial charge on any atom is 0.352 e. The Morgan fingerprint density at radius 2 is 1.91 bits per heavy atom. The van der Waals surface area contributed by atoms with E-state index in [1.54, 1.807) is 19.1 Å². The molecule has 2 aromatic rings. The summed E-state index contributed by atoms with van der Waals surface area (Å²) >= 11 is 0. The number of hydrogen-bond donors (Lipinski definition) is 1. The molecule has 0 bridgehead atoms. The number of aromatic nitrogens is 1. The molecular formula is C15H15NO5S. The van der Waals surface area contributed by atoms with E-state index in [-0.39, 0.29) is 15.5 Å². The Labute approximate surface area is 127 Å². The highest BCUT2D eigenvalue weighted by Gasteiger charge is 2.27. The maximum atomic E-state index is 12.8. The van der Waals surface area contributed by atoms with Gasteiger partial charge >= 0.3 is 5.97 Å². The van der Waals surface area contributed by atoms with Crippen molar-refractivity contribution in [2.24, 2.45) is 7.05 Å². The third-order valence-corrected chi connectivity index (χ3v) is 5.87. The van der Waals surface area contributed by atoms with Crippen LogP contribution in [0.5, 0.6) is 0 Å². The zero-order valence-corrected chi connectivity index (χ0v) is 13.0. The fourth-order valence-corrected chi connectivity index (χ4v) is 4.18. The fraction of sp³-hybridized carbons (Fsp3) is 0.267. The standard InChI is InChI=1S/C15H15NO5S/c1-9-14(6-13(15(17)18)16(9)2)22(19,20)12-4-3-10-7-21-8-11(10)5-12/h3-6H,7-8H2,1-2H3,(H,17,18). The molecule has 116 valence electrons. The topological polar surface area (TPSA) is 85.6 Å². The fourth-order valence-electron chi connectivity index (χ4n) is 2.59. The van der Waals surface area contributed by atoms with Crippen LogP contribution >= 0.6 is 0 Å². The minimum atomic E-state index is -3.77. The van der Waals surface area contributed by atoms with Crippen LogP contribution in [0, 0.1) is 6.92 Å². The highest BCUT2D eigenvalue weighted by atomic mass is 32.2. The van der Waals surface area contributed by atoms with Gasteiger partial charge in [-0.05, 0) is 36.2 Å². The lowest BCUT2D eigenvalue weighted by Gasteiger charge is -2.06. The average Bonchev–Trinajstić information content (AvgIpc) is 3.04. The van der Waals surface area contributed by atoms with Crippen LogP contribution in [-0.2, 0) is 34.8 Å². The first kappa shape index (κ1) is 14.8. The van der Waals surface area contributed by atoms with Crippen molar-refractivity contribution in [1.29, 1.82) is 0 Å². The molecule has 3 rings (SSSR count). The third kappa shape index (κ3) is 2.13. The average molecular weight is 321 g/mol. The molecule has 1 aliphatic heterocycles. The van der Waals surface area contributed by atoms with Crippen molar-refractivity contribution >= 4 is 15.8 Å². The summed E-state index contributed by atoms with van der Waals surface area (Å²) in [5.74, 6) is -1.16. The normalized spacial score (nSPS) is 14.1. The molecule has 6 nitrogen and oxygen atoms in total. The van der Waals surface area contributed by atoms with Crippen LogP contribution in [0.1, 0.15) is 27.3 Å². The summed E-state index contributed by atoms with van der Waals surface area (Å²) < 4.78 is 32.2. The Hall–Kier alpha value is -2.12. The van der Waals surface area contributed by atoms with Gasteiger partial charge in [0.15, 0.2) is 0 Å². The van der Waals surface area contributed by atoms with Crippen LogP contribution in [0.2, 0.25) is 0 Å². The molecular weight excluding hydrogens is 306 g/mol. The van der Waals surface area contributed by atoms with E-state index in [0.29, 0.717) is 18.9 Å². The predicted molar refractivity (Wildman–Crippen MR) is 77.5 cm³/mol. The van der Waals surface area contributed by atoms with Gasteiger partial charge in [0.1, 0.15) is 5.69 Å². The van der Waals surface area contributed by atoms with E-state index in [1.807, 2.05) is 0 Å². The zero-order valence-electron chi connectivity index (χ0n) is 12.2. The van der Waals surface area contributed by atoms with Gasteiger partial charge in [-0.25, -0.2) is 13.2 Å². The summed E-state index contributed by atoms with van der Waals surface area (Å²) in [5.41, 5.74) is 2.18. The van der Waals surface area contributed by atoms with Gasteiger partial charge in [-0.3, -0.25) is 0 Å². The van der Waals surface area contributed by atoms with Crippen molar-refractivity contribution in [2.75, 3.05) is 0 Å². The van der Waals surface area contributed by atoms with E-state index < -0.39 is 15.8 Å². The summed E-state index contributed by atoms with van der Waals surface area (Å²) in [5, 5.41) is 9.13. The molecule has 1 N–H and O–H groups in total. The minimum absolute atomic E-state index is 0.0197. The monoisotopic (exact) mass is 321 g/mol. The van der Waals surface area contributed by atoms with E-state index >= 15 is 0 Å². The van der Waals surface area contributed by atoms with Crippen molar-refractivity contribution in [3.63, 3.8) is 0 Å². The summed E-state index contributed by atoms with van der Waals surface area (Å²) in [6, 6.07) is 6.09. The molecule has 0 fully saturated rings. The van der Waals surface area contributed by atoms with Crippen LogP contribution in [0.25, 0.3) is 0 Å². The van der Waals surface area contributed by atoms with Gasteiger partial charge in [-0.15, -0.1) is 0 Å². The zero-order chi connectivity index (χ0) is 16.1. The molecule has 0 amide bonds. The number of carboxylic acid groups (broad SMARTS) is 1. The first-order chi connectivity index (χ1) is 10.3. The quantitative estimate of drug-likeness (QED) is 0.933. The van der Waals surface area contributed by atoms with Crippen molar-refractivity contribution in [3.05, 3.63) is 46.8 Å². The molecule has 0 saturated heterocycles. The lowest BCUT2D eigenvalue weighted by Crippen LogP contribution is -2.06. The molecule has 2 heterocycles. The van der Waals surface area contributed by atoms with E-state index in [9.17, 15) is 13.2 Å². The Kier molecular flexibility index (Phi) is 3.34. The SMILES string of the molecule is Cc1c(S(=O)(=O)c2ccc3c(c2)COC3)cc(C(=O)O)n1C. The Bertz CT molecular complexity index is 880. The van der Waals surface area contributed by atoms with Crippen LogP contribution in [0.3, 0.4) is 0 Å². The molecule has 0 spiro atoms. The van der Waals surface area contributed by atoms with Gasteiger partial charge in [-0.2, -0.15) is 0 Å². The lowest BCUT2D eigenvalue weighted by molar-refractivity contribution is 0.0686. The van der Waals surface area contributed by atoms with Crippen LogP contribution < -0.4 is 0 Å². The van der Waals surface area contributed by atoms with Crippen LogP contribution in [0.15, 0.2) is 34.1 Å². The number of sulfone groups is 1. The Morgan fingerprint density at radius 3 is 2.55 bits per heavy atom. The van der Waals surface area contributed by atoms with Crippen LogP contribution in [0.4, 0.5) is 0 Å². The van der Waals surface area contributed by atoms with Gasteiger partial charge in [-0.1, -0.05) is 6.07 Å². The largest absolute Gasteiger partial charge is 0.477 e. The van der Waals surface area contributed by atoms with Gasteiger partial charge in [0.2, 0.25) is 9.84 Å². The van der Waals surface area contributed by atoms with E-state index in [4.69, 9.17) is 9.84 Å². The highest BCUT2D eigenvalue weighted by molar-refractivity contribution is 7.91. The number of rotatable bonds is 3. The second-order valence-electron chi connectivity index (χ2n) is 5.27. The number of hydrogen-bond acceptors (Lipinski definition) is 4. The summed E-state index contributed by atoms with van der Waals surface area (Å²) in [6.45, 7) is 2.48. The molecule has 22 heavy (non-hydrogen) atoms. The summed E-state index contributed by atoms with van der Waals surface area (Å²) in [7, 11) is -2.23. The summed E-state index contributed by atoms with van der Waals surface area (Å²) in [4.78, 5) is 11.3. The number of aromatic carboxylic acids is 1. The van der Waals surface area contributed by atoms with Gasteiger partial charge in [0.25, 0.3) is 0 Å². The molecule has 0 radical (unpaired) electrons. The van der Waals surface area contributed by atoms with E-state index in [1.165, 1.54) is 23.7 Å². The number of carboxylic acids is 1. The number of ether oxygens (including phenoxy) is 1. The molecule has 0 aliphatic carbocycles. The van der Waals surface area contributed by atoms with E-state index in [2.05, 4.69) is 0 Å². The highest BCUT2D eigenvalue weighted by Crippen LogP contribution is 2.29. The minimum Gasteiger partial charge on any atom is -0.477 e. The molecule has 0 unspecified atom stereocenters. The van der Waals surface area contributed by atoms with Crippen molar-refractivity contribution < 1.29 is 23.1 Å². The molecule has 0 saturated carbocycles. The molecule has 1 aromatic heterocycles. The smallest absolute Gasteiger partial charge is 0.352 e. The molecule has 1 aliphatic rings. The van der Waals surface area contributed by atoms with Crippen molar-refractivity contribution in [2.45, 2.75) is 29.9 Å². The van der Waals surface area contributed by atoms with Crippen LogP contribution in [-0.4, -0.2) is 24.1 Å². The number of benzene rings is 1. The second-order valence-corrected chi connectivity index (χ2v) is 7.19. The first-order valence-electron chi connectivity index (χ1n) is 6.66. The van der Waals surface area contributed by atoms with Crippen molar-refractivity contribution in [1.82, 2.24) is 4.57 Å². The third-order valence-electron chi connectivity index (χ3n) is 4.00. The number of nitrogens with zero attached hydrogens (tertiary/aromatic N) is 1. The summed E-state index contributed by atoms with van der Waals surface area (Å²) in [6.07, 6.45) is 0. The van der Waals surface area contributed by atoms with Gasteiger partial charge in [0.05, 0.1) is 23.0 Å². The predicted octanol–water partition coefficient (Wildman–Crippen LogP) is 1.89. The van der Waals surface area contributed by atoms with Gasteiger partial charge in [0, 0.05) is 12.7 Å². The molecule has 1 aromatic carbocycles. The second kappa shape index (κ2) is 4.96. The first-order valence-corrected chi connectivity index (χ1v) is 8.15. The molecule has 0 atom stereocenters. The Morgan fingerprint density at radius 1 is 1.23 bits per heavy atom. The Balaban J connectivity index is 2.15. The molecule has 7 heteroatoms. The maximum absolute atomic E-state index is 12.8.